The van der Waals surface area contributed by atoms with Gasteiger partial charge in [-0.3, -0.25) is 0 Å². The van der Waals surface area contributed by atoms with Crippen molar-refractivity contribution in [3.8, 4) is 11.5 Å². The van der Waals surface area contributed by atoms with Crippen LogP contribution in [0.4, 0.5) is 0 Å². The van der Waals surface area contributed by atoms with Gasteiger partial charge in [0.1, 0.15) is 0 Å². The molecule has 106 valence electrons. The van der Waals surface area contributed by atoms with E-state index in [2.05, 4.69) is 112 Å². The number of ether oxygens (including phenoxy) is 1. The molecule has 0 unspecified atom stereocenters. The van der Waals surface area contributed by atoms with Crippen molar-refractivity contribution >= 4 is 112 Å². The molecule has 0 heterocycles. The van der Waals surface area contributed by atoms with E-state index >= 15 is 0 Å². The van der Waals surface area contributed by atoms with E-state index < -0.39 is 0 Å². The molecule has 0 amide bonds. The minimum atomic E-state index is 0.684. The molecule has 0 aliphatic heterocycles. The molecule has 2 rings (SSSR count). The second-order valence-electron chi connectivity index (χ2n) is 3.60. The van der Waals surface area contributed by atoms with Gasteiger partial charge in [0.05, 0.1) is 17.9 Å². The molecular formula is C12H3Br7O. The van der Waals surface area contributed by atoms with Gasteiger partial charge in [0.25, 0.3) is 0 Å². The van der Waals surface area contributed by atoms with Gasteiger partial charge in [-0.25, -0.2) is 0 Å². The summed E-state index contributed by atoms with van der Waals surface area (Å²) in [6.07, 6.45) is 0. The maximum atomic E-state index is 6.03. The number of hydrogen-bond donors (Lipinski definition) is 0. The molecule has 0 N–H and O–H groups in total. The third-order valence-corrected chi connectivity index (χ3v) is 7.73. The van der Waals surface area contributed by atoms with Crippen LogP contribution < -0.4 is 4.74 Å². The number of hydrogen-bond acceptors (Lipinski definition) is 1. The molecule has 0 saturated carbocycles. The second-order valence-corrected chi connectivity index (χ2v) is 9.52. The van der Waals surface area contributed by atoms with Gasteiger partial charge in [-0.1, -0.05) is 15.9 Å². The molecule has 0 fully saturated rings. The summed E-state index contributed by atoms with van der Waals surface area (Å²) in [6, 6.07) is 5.77. The molecule has 0 spiro atoms. The fourth-order valence-corrected chi connectivity index (χ4v) is 6.37. The average molecular weight is 722 g/mol. The summed E-state index contributed by atoms with van der Waals surface area (Å²) in [4.78, 5) is 0. The summed E-state index contributed by atoms with van der Waals surface area (Å²) in [5.74, 6) is 1.38. The lowest BCUT2D eigenvalue weighted by molar-refractivity contribution is 0.470. The molecule has 1 nitrogen and oxygen atoms in total. The Morgan fingerprint density at radius 1 is 0.550 bits per heavy atom. The topological polar surface area (TPSA) is 9.23 Å². The molecule has 0 bridgehead atoms. The number of benzene rings is 2. The highest BCUT2D eigenvalue weighted by Crippen LogP contribution is 2.47. The van der Waals surface area contributed by atoms with Crippen molar-refractivity contribution in [1.82, 2.24) is 0 Å². The first-order valence-electron chi connectivity index (χ1n) is 4.96. The SMILES string of the molecule is Brc1cc(Br)c(Oc2c(Br)cc(Br)c(Br)c2Br)c(Br)c1. The Bertz CT molecular complexity index is 661. The number of rotatable bonds is 2. The maximum Gasteiger partial charge on any atom is 0.157 e. The van der Waals surface area contributed by atoms with E-state index in [1.165, 1.54) is 0 Å². The summed E-state index contributed by atoms with van der Waals surface area (Å²) in [7, 11) is 0. The highest BCUT2D eigenvalue weighted by atomic mass is 79.9. The Kier molecular flexibility index (Phi) is 6.68. The Morgan fingerprint density at radius 3 is 1.60 bits per heavy atom. The largest absolute Gasteiger partial charge is 0.453 e. The quantitative estimate of drug-likeness (QED) is 0.223. The van der Waals surface area contributed by atoms with Crippen LogP contribution in [0.15, 0.2) is 49.5 Å². The van der Waals surface area contributed by atoms with Crippen LogP contribution in [0.2, 0.25) is 0 Å². The summed E-state index contributed by atoms with van der Waals surface area (Å²) < 4.78 is 12.1. The van der Waals surface area contributed by atoms with Crippen molar-refractivity contribution < 1.29 is 4.74 Å². The van der Waals surface area contributed by atoms with Crippen LogP contribution in [0, 0.1) is 0 Å². The Morgan fingerprint density at radius 2 is 1.05 bits per heavy atom. The standard InChI is InChI=1S/C12H3Br7O/c13-4-1-6(15)11(7(16)2-4)20-12-8(17)3-5(14)9(18)10(12)19/h1-3H. The normalized spacial score (nSPS) is 10.8. The highest BCUT2D eigenvalue weighted by Gasteiger charge is 2.17. The first kappa shape index (κ1) is 17.9. The fraction of sp³-hybridized carbons (Fsp3) is 0. The van der Waals surface area contributed by atoms with Crippen molar-refractivity contribution in [3.63, 3.8) is 0 Å². The predicted octanol–water partition coefficient (Wildman–Crippen LogP) is 8.82. The third-order valence-electron chi connectivity index (χ3n) is 2.24. The lowest BCUT2D eigenvalue weighted by Crippen LogP contribution is -1.91. The van der Waals surface area contributed by atoms with E-state index in [4.69, 9.17) is 4.74 Å². The van der Waals surface area contributed by atoms with Crippen LogP contribution in [0.1, 0.15) is 0 Å². The van der Waals surface area contributed by atoms with E-state index in [1.807, 2.05) is 18.2 Å². The van der Waals surface area contributed by atoms with Gasteiger partial charge in [0, 0.05) is 13.4 Å². The van der Waals surface area contributed by atoms with Crippen LogP contribution in [0.25, 0.3) is 0 Å². The van der Waals surface area contributed by atoms with Crippen LogP contribution in [-0.2, 0) is 0 Å². The monoisotopic (exact) mass is 715 g/mol. The van der Waals surface area contributed by atoms with Gasteiger partial charge >= 0.3 is 0 Å². The molecule has 20 heavy (non-hydrogen) atoms. The summed E-state index contributed by atoms with van der Waals surface area (Å²) in [5.41, 5.74) is 0. The summed E-state index contributed by atoms with van der Waals surface area (Å²) in [5, 5.41) is 0. The van der Waals surface area contributed by atoms with E-state index in [0.29, 0.717) is 11.5 Å². The van der Waals surface area contributed by atoms with Gasteiger partial charge in [-0.2, -0.15) is 0 Å². The molecule has 0 aromatic heterocycles. The van der Waals surface area contributed by atoms with E-state index in [1.54, 1.807) is 0 Å². The number of halogens is 7. The fourth-order valence-electron chi connectivity index (χ4n) is 1.37. The van der Waals surface area contributed by atoms with E-state index in [9.17, 15) is 0 Å². The zero-order chi connectivity index (χ0) is 15.0. The van der Waals surface area contributed by atoms with E-state index in [-0.39, 0.29) is 0 Å². The lowest BCUT2D eigenvalue weighted by Gasteiger charge is -2.15. The van der Waals surface area contributed by atoms with Crippen molar-refractivity contribution in [1.29, 1.82) is 0 Å². The maximum absolute atomic E-state index is 6.03. The van der Waals surface area contributed by atoms with Crippen LogP contribution in [-0.4, -0.2) is 0 Å². The Balaban J connectivity index is 2.54. The van der Waals surface area contributed by atoms with Crippen molar-refractivity contribution in [2.75, 3.05) is 0 Å². The first-order chi connectivity index (χ1) is 9.31. The Hall–Kier alpha value is 1.60. The molecule has 0 saturated heterocycles. The molecule has 0 atom stereocenters. The first-order valence-corrected chi connectivity index (χ1v) is 10.5. The summed E-state index contributed by atoms with van der Waals surface area (Å²) >= 11 is 24.4. The molecule has 0 aliphatic carbocycles. The molecule has 2 aromatic carbocycles. The lowest BCUT2D eigenvalue weighted by atomic mass is 10.3. The zero-order valence-corrected chi connectivity index (χ0v) is 20.4. The molecule has 0 aliphatic rings. The van der Waals surface area contributed by atoms with Crippen molar-refractivity contribution in [2.24, 2.45) is 0 Å². The van der Waals surface area contributed by atoms with Gasteiger partial charge in [0.2, 0.25) is 0 Å². The van der Waals surface area contributed by atoms with Gasteiger partial charge in [-0.15, -0.1) is 0 Å². The predicted molar refractivity (Wildman–Crippen MR) is 107 cm³/mol. The van der Waals surface area contributed by atoms with Gasteiger partial charge < -0.3 is 4.74 Å². The average Bonchev–Trinajstić information content (AvgIpc) is 2.34. The minimum Gasteiger partial charge on any atom is -0.453 e. The van der Waals surface area contributed by atoms with Crippen molar-refractivity contribution in [3.05, 3.63) is 49.5 Å². The van der Waals surface area contributed by atoms with Crippen molar-refractivity contribution in [2.45, 2.75) is 0 Å². The molecule has 8 heteroatoms. The molecule has 0 radical (unpaired) electrons. The van der Waals surface area contributed by atoms with Gasteiger partial charge in [-0.05, 0) is 114 Å². The van der Waals surface area contributed by atoms with Crippen LogP contribution in [0.3, 0.4) is 0 Å². The molecule has 2 aromatic rings. The molecular weight excluding hydrogens is 719 g/mol. The Labute approximate surface area is 175 Å². The van der Waals surface area contributed by atoms with Crippen LogP contribution >= 0.6 is 112 Å². The highest BCUT2D eigenvalue weighted by molar-refractivity contribution is 9.14. The van der Waals surface area contributed by atoms with Crippen LogP contribution in [0.5, 0.6) is 11.5 Å². The smallest absolute Gasteiger partial charge is 0.157 e. The second kappa shape index (κ2) is 7.45. The summed E-state index contributed by atoms with van der Waals surface area (Å²) in [6.45, 7) is 0. The third kappa shape index (κ3) is 3.92. The van der Waals surface area contributed by atoms with E-state index in [0.717, 1.165) is 31.3 Å². The zero-order valence-electron chi connectivity index (χ0n) is 9.29. The van der Waals surface area contributed by atoms with Gasteiger partial charge in [0.15, 0.2) is 11.5 Å². The minimum absolute atomic E-state index is 0.684.